The number of hydrogen-bond donors (Lipinski definition) is 1. The summed E-state index contributed by atoms with van der Waals surface area (Å²) in [5.41, 5.74) is 2.39. The molecular weight excluding hydrogens is 262 g/mol. The molecule has 5 heteroatoms. The molecule has 0 spiro atoms. The van der Waals surface area contributed by atoms with Crippen molar-refractivity contribution in [2.24, 2.45) is 0 Å². The number of hydrogen-bond acceptors (Lipinski definition) is 3. The van der Waals surface area contributed by atoms with E-state index in [0.717, 1.165) is 43.6 Å². The van der Waals surface area contributed by atoms with Crippen molar-refractivity contribution in [3.05, 3.63) is 29.3 Å². The molecule has 1 unspecified atom stereocenters. The van der Waals surface area contributed by atoms with Gasteiger partial charge in [-0.1, -0.05) is 12.1 Å². The van der Waals surface area contributed by atoms with Crippen LogP contribution in [-0.2, 0) is 22.9 Å². The van der Waals surface area contributed by atoms with Gasteiger partial charge in [0.25, 0.3) is 0 Å². The molecule has 1 heterocycles. The molecule has 0 radical (unpaired) electrons. The Labute approximate surface area is 114 Å². The molecule has 1 aliphatic carbocycles. The van der Waals surface area contributed by atoms with Crippen LogP contribution in [0.1, 0.15) is 30.9 Å². The molecule has 19 heavy (non-hydrogen) atoms. The Bertz CT molecular complexity index is 578. The highest BCUT2D eigenvalue weighted by atomic mass is 32.2. The van der Waals surface area contributed by atoms with E-state index in [-0.39, 0.29) is 11.3 Å². The Hall–Kier alpha value is -1.07. The Morgan fingerprint density at radius 3 is 2.95 bits per heavy atom. The van der Waals surface area contributed by atoms with E-state index < -0.39 is 10.0 Å². The molecule has 1 saturated carbocycles. The molecule has 104 valence electrons. The van der Waals surface area contributed by atoms with Crippen LogP contribution in [0.25, 0.3) is 0 Å². The van der Waals surface area contributed by atoms with Crippen molar-refractivity contribution in [1.82, 2.24) is 4.72 Å². The number of sulfonamides is 1. The van der Waals surface area contributed by atoms with Crippen LogP contribution in [0.15, 0.2) is 18.2 Å². The van der Waals surface area contributed by atoms with E-state index in [1.165, 1.54) is 5.56 Å². The van der Waals surface area contributed by atoms with Crippen molar-refractivity contribution in [1.29, 1.82) is 0 Å². The first-order chi connectivity index (χ1) is 9.04. The third-order valence-electron chi connectivity index (χ3n) is 3.62. The molecule has 3 rings (SSSR count). The molecule has 0 saturated heterocycles. The van der Waals surface area contributed by atoms with Crippen LogP contribution in [0, 0.1) is 0 Å². The topological polar surface area (TPSA) is 55.4 Å². The largest absolute Gasteiger partial charge is 0.493 e. The van der Waals surface area contributed by atoms with Crippen molar-refractivity contribution in [2.75, 3.05) is 6.61 Å². The van der Waals surface area contributed by atoms with Gasteiger partial charge >= 0.3 is 0 Å². The smallest absolute Gasteiger partial charge is 0.214 e. The summed E-state index contributed by atoms with van der Waals surface area (Å²) in [4.78, 5) is 0. The minimum atomic E-state index is -3.09. The minimum Gasteiger partial charge on any atom is -0.493 e. The molecule has 1 N–H and O–H groups in total. The summed E-state index contributed by atoms with van der Waals surface area (Å²) in [5.74, 6) is 0.968. The zero-order valence-electron chi connectivity index (χ0n) is 11.1. The van der Waals surface area contributed by atoms with Gasteiger partial charge in [0, 0.05) is 12.5 Å². The molecule has 0 amide bonds. The van der Waals surface area contributed by atoms with E-state index in [1.807, 2.05) is 19.1 Å². The molecule has 1 aromatic carbocycles. The SMILES string of the molecule is CC(Cc1ccc2c(c1)CCO2)NS(=O)(=O)C1CC1. The predicted molar refractivity (Wildman–Crippen MR) is 73.9 cm³/mol. The quantitative estimate of drug-likeness (QED) is 0.892. The molecule has 1 atom stereocenters. The van der Waals surface area contributed by atoms with Crippen LogP contribution in [0.4, 0.5) is 0 Å². The highest BCUT2D eigenvalue weighted by Gasteiger charge is 2.36. The zero-order valence-corrected chi connectivity index (χ0v) is 11.9. The number of rotatable bonds is 5. The fourth-order valence-electron chi connectivity index (χ4n) is 2.52. The van der Waals surface area contributed by atoms with Crippen LogP contribution < -0.4 is 9.46 Å². The number of fused-ring (bicyclic) bond motifs is 1. The highest BCUT2D eigenvalue weighted by molar-refractivity contribution is 7.90. The van der Waals surface area contributed by atoms with Gasteiger partial charge in [-0.2, -0.15) is 0 Å². The maximum absolute atomic E-state index is 11.8. The second-order valence-corrected chi connectivity index (χ2v) is 7.50. The summed E-state index contributed by atoms with van der Waals surface area (Å²) in [6, 6.07) is 6.07. The second kappa shape index (κ2) is 4.80. The first kappa shape index (κ1) is 12.9. The standard InChI is InChI=1S/C14H19NO3S/c1-10(15-19(16,17)13-3-4-13)8-11-2-5-14-12(9-11)6-7-18-14/h2,5,9-10,13,15H,3-4,6-8H2,1H3. The van der Waals surface area contributed by atoms with Crippen molar-refractivity contribution in [3.8, 4) is 5.75 Å². The highest BCUT2D eigenvalue weighted by Crippen LogP contribution is 2.28. The average molecular weight is 281 g/mol. The van der Waals surface area contributed by atoms with Crippen LogP contribution in [0.2, 0.25) is 0 Å². The maximum Gasteiger partial charge on any atom is 0.214 e. The molecule has 2 aliphatic rings. The summed E-state index contributed by atoms with van der Waals surface area (Å²) in [5, 5.41) is -0.150. The molecule has 0 bridgehead atoms. The van der Waals surface area contributed by atoms with E-state index in [2.05, 4.69) is 10.8 Å². The zero-order chi connectivity index (χ0) is 13.5. The Morgan fingerprint density at radius 1 is 1.42 bits per heavy atom. The van der Waals surface area contributed by atoms with E-state index in [0.29, 0.717) is 0 Å². The lowest BCUT2D eigenvalue weighted by Crippen LogP contribution is -2.36. The van der Waals surface area contributed by atoms with Gasteiger partial charge in [-0.15, -0.1) is 0 Å². The molecular formula is C14H19NO3S. The van der Waals surface area contributed by atoms with E-state index in [9.17, 15) is 8.42 Å². The van der Waals surface area contributed by atoms with Gasteiger partial charge in [0.05, 0.1) is 11.9 Å². The Kier molecular flexibility index (Phi) is 3.27. The van der Waals surface area contributed by atoms with E-state index >= 15 is 0 Å². The number of nitrogens with one attached hydrogen (secondary N) is 1. The monoisotopic (exact) mass is 281 g/mol. The fourth-order valence-corrected chi connectivity index (χ4v) is 4.11. The van der Waals surface area contributed by atoms with Crippen molar-refractivity contribution < 1.29 is 13.2 Å². The number of ether oxygens (including phenoxy) is 1. The first-order valence-electron chi connectivity index (χ1n) is 6.80. The van der Waals surface area contributed by atoms with Crippen LogP contribution in [0.5, 0.6) is 5.75 Å². The third kappa shape index (κ3) is 2.92. The maximum atomic E-state index is 11.8. The average Bonchev–Trinajstić information content (AvgIpc) is 3.09. The number of benzene rings is 1. The molecule has 1 fully saturated rings. The molecule has 1 aliphatic heterocycles. The van der Waals surface area contributed by atoms with Gasteiger partial charge in [0.2, 0.25) is 10.0 Å². The van der Waals surface area contributed by atoms with Crippen molar-refractivity contribution in [3.63, 3.8) is 0 Å². The summed E-state index contributed by atoms with van der Waals surface area (Å²) in [6.45, 7) is 2.67. The van der Waals surface area contributed by atoms with Gasteiger partial charge in [-0.05, 0) is 43.4 Å². The fraction of sp³-hybridized carbons (Fsp3) is 0.571. The summed E-state index contributed by atoms with van der Waals surface area (Å²) in [7, 11) is -3.09. The van der Waals surface area contributed by atoms with Gasteiger partial charge in [-0.3, -0.25) is 0 Å². The summed E-state index contributed by atoms with van der Waals surface area (Å²) in [6.07, 6.45) is 3.28. The van der Waals surface area contributed by atoms with Crippen LogP contribution in [0.3, 0.4) is 0 Å². The lowest BCUT2D eigenvalue weighted by atomic mass is 10.0. The first-order valence-corrected chi connectivity index (χ1v) is 8.35. The van der Waals surface area contributed by atoms with Crippen LogP contribution >= 0.6 is 0 Å². The molecule has 0 aromatic heterocycles. The normalized spacial score (nSPS) is 19.8. The Morgan fingerprint density at radius 2 is 2.21 bits per heavy atom. The van der Waals surface area contributed by atoms with Gasteiger partial charge in [0.15, 0.2) is 0 Å². The van der Waals surface area contributed by atoms with Crippen molar-refractivity contribution in [2.45, 2.75) is 43.9 Å². The minimum absolute atomic E-state index is 0.0639. The second-order valence-electron chi connectivity index (χ2n) is 5.51. The predicted octanol–water partition coefficient (Wildman–Crippen LogP) is 1.63. The Balaban J connectivity index is 1.64. The third-order valence-corrected chi connectivity index (χ3v) is 5.70. The lowest BCUT2D eigenvalue weighted by Gasteiger charge is -2.14. The van der Waals surface area contributed by atoms with Gasteiger partial charge < -0.3 is 4.74 Å². The summed E-state index contributed by atoms with van der Waals surface area (Å²) < 4.78 is 31.9. The van der Waals surface area contributed by atoms with E-state index in [4.69, 9.17) is 4.74 Å². The van der Waals surface area contributed by atoms with Gasteiger partial charge in [-0.25, -0.2) is 13.1 Å². The van der Waals surface area contributed by atoms with Gasteiger partial charge in [0.1, 0.15) is 5.75 Å². The molecule has 1 aromatic rings. The lowest BCUT2D eigenvalue weighted by molar-refractivity contribution is 0.357. The van der Waals surface area contributed by atoms with E-state index in [1.54, 1.807) is 0 Å². The molecule has 4 nitrogen and oxygen atoms in total. The summed E-state index contributed by atoms with van der Waals surface area (Å²) >= 11 is 0. The van der Waals surface area contributed by atoms with Crippen molar-refractivity contribution >= 4 is 10.0 Å². The van der Waals surface area contributed by atoms with Crippen LogP contribution in [-0.4, -0.2) is 26.3 Å².